The fourth-order valence-electron chi connectivity index (χ4n) is 1.53. The molecule has 0 unspecified atom stereocenters. The van der Waals surface area contributed by atoms with Crippen LogP contribution in [0.15, 0.2) is 18.2 Å². The Kier molecular flexibility index (Phi) is 6.53. The average molecular weight is 409 g/mol. The van der Waals surface area contributed by atoms with Crippen LogP contribution in [0, 0.1) is 9.39 Å². The van der Waals surface area contributed by atoms with E-state index in [1.165, 1.54) is 19.2 Å². The second-order valence-electron chi connectivity index (χ2n) is 4.10. The minimum absolute atomic E-state index is 0.0917. The van der Waals surface area contributed by atoms with Crippen molar-refractivity contribution in [2.24, 2.45) is 0 Å². The number of halogens is 2. The van der Waals surface area contributed by atoms with Gasteiger partial charge < -0.3 is 15.2 Å². The van der Waals surface area contributed by atoms with Crippen LogP contribution < -0.4 is 5.32 Å². The quantitative estimate of drug-likeness (QED) is 0.550. The molecular formula is C13H13FINO5. The maximum atomic E-state index is 13.0. The van der Waals surface area contributed by atoms with E-state index in [0.717, 1.165) is 6.07 Å². The Morgan fingerprint density at radius 1 is 1.43 bits per heavy atom. The number of carbonyl (C=O) groups is 3. The molecule has 1 aromatic rings. The van der Waals surface area contributed by atoms with Crippen LogP contribution in [0.4, 0.5) is 4.39 Å². The van der Waals surface area contributed by atoms with Crippen molar-refractivity contribution in [1.29, 1.82) is 0 Å². The maximum absolute atomic E-state index is 13.0. The van der Waals surface area contributed by atoms with Crippen LogP contribution in [-0.4, -0.2) is 36.1 Å². The summed E-state index contributed by atoms with van der Waals surface area (Å²) in [6.45, 7) is 0. The van der Waals surface area contributed by atoms with Crippen LogP contribution in [0.1, 0.15) is 23.2 Å². The van der Waals surface area contributed by atoms with Gasteiger partial charge in [0.2, 0.25) is 0 Å². The number of carboxylic acids is 1. The number of esters is 1. The first-order valence-electron chi connectivity index (χ1n) is 5.90. The highest BCUT2D eigenvalue weighted by Gasteiger charge is 2.22. The molecule has 0 saturated carbocycles. The first kappa shape index (κ1) is 17.3. The predicted molar refractivity (Wildman–Crippen MR) is 79.3 cm³/mol. The highest BCUT2D eigenvalue weighted by atomic mass is 127. The Morgan fingerprint density at radius 3 is 2.62 bits per heavy atom. The molecule has 0 aliphatic rings. The van der Waals surface area contributed by atoms with E-state index in [2.05, 4.69) is 10.1 Å². The average Bonchev–Trinajstić information content (AvgIpc) is 2.42. The standard InChI is InChI=1S/C13H13FINO5/c1-21-11(17)5-4-10(13(19)20)16-12(18)8-3-2-7(14)6-9(8)15/h2-3,6,10H,4-5H2,1H3,(H,16,18)(H,19,20)/t10-/m0/s1. The second-order valence-corrected chi connectivity index (χ2v) is 5.27. The molecule has 0 aliphatic carbocycles. The first-order chi connectivity index (χ1) is 9.85. The molecule has 114 valence electrons. The Morgan fingerprint density at radius 2 is 2.10 bits per heavy atom. The van der Waals surface area contributed by atoms with Crippen LogP contribution in [0.5, 0.6) is 0 Å². The highest BCUT2D eigenvalue weighted by molar-refractivity contribution is 14.1. The van der Waals surface area contributed by atoms with Gasteiger partial charge in [-0.25, -0.2) is 9.18 Å². The van der Waals surface area contributed by atoms with Gasteiger partial charge in [-0.1, -0.05) is 0 Å². The lowest BCUT2D eigenvalue weighted by Crippen LogP contribution is -2.41. The van der Waals surface area contributed by atoms with Crippen molar-refractivity contribution >= 4 is 40.4 Å². The SMILES string of the molecule is COC(=O)CC[C@H](NC(=O)c1ccc(F)cc1I)C(=O)O. The summed E-state index contributed by atoms with van der Waals surface area (Å²) >= 11 is 1.78. The van der Waals surface area contributed by atoms with Gasteiger partial charge in [0, 0.05) is 9.99 Å². The summed E-state index contributed by atoms with van der Waals surface area (Å²) < 4.78 is 17.7. The fraction of sp³-hybridized carbons (Fsp3) is 0.308. The van der Waals surface area contributed by atoms with Gasteiger partial charge in [0.15, 0.2) is 0 Å². The van der Waals surface area contributed by atoms with Crippen molar-refractivity contribution in [3.8, 4) is 0 Å². The molecule has 2 N–H and O–H groups in total. The molecule has 1 atom stereocenters. The molecule has 21 heavy (non-hydrogen) atoms. The number of nitrogens with one attached hydrogen (secondary N) is 1. The normalized spacial score (nSPS) is 11.6. The van der Waals surface area contributed by atoms with Gasteiger partial charge in [0.25, 0.3) is 5.91 Å². The van der Waals surface area contributed by atoms with Crippen molar-refractivity contribution in [2.45, 2.75) is 18.9 Å². The summed E-state index contributed by atoms with van der Waals surface area (Å²) in [4.78, 5) is 34.1. The Labute approximate surface area is 133 Å². The lowest BCUT2D eigenvalue weighted by atomic mass is 10.1. The van der Waals surface area contributed by atoms with Gasteiger partial charge in [-0.3, -0.25) is 9.59 Å². The number of amides is 1. The molecule has 1 amide bonds. The summed E-state index contributed by atoms with van der Waals surface area (Å²) in [5.41, 5.74) is 0.168. The number of benzene rings is 1. The highest BCUT2D eigenvalue weighted by Crippen LogP contribution is 2.14. The fourth-order valence-corrected chi connectivity index (χ4v) is 2.25. The molecule has 0 aromatic heterocycles. The Bertz CT molecular complexity index is 563. The largest absolute Gasteiger partial charge is 0.480 e. The van der Waals surface area contributed by atoms with Crippen molar-refractivity contribution in [3.63, 3.8) is 0 Å². The minimum Gasteiger partial charge on any atom is -0.480 e. The summed E-state index contributed by atoms with van der Waals surface area (Å²) in [5, 5.41) is 11.3. The zero-order chi connectivity index (χ0) is 16.0. The molecular weight excluding hydrogens is 396 g/mol. The van der Waals surface area contributed by atoms with E-state index in [1.54, 1.807) is 22.6 Å². The van der Waals surface area contributed by atoms with E-state index in [4.69, 9.17) is 5.11 Å². The number of ether oxygens (including phenoxy) is 1. The first-order valence-corrected chi connectivity index (χ1v) is 6.98. The molecule has 0 bridgehead atoms. The number of hydrogen-bond donors (Lipinski definition) is 2. The van der Waals surface area contributed by atoms with Crippen LogP contribution in [0.3, 0.4) is 0 Å². The van der Waals surface area contributed by atoms with Crippen LogP contribution in [0.2, 0.25) is 0 Å². The molecule has 1 rings (SSSR count). The van der Waals surface area contributed by atoms with Gasteiger partial charge in [0.1, 0.15) is 11.9 Å². The molecule has 8 heteroatoms. The number of hydrogen-bond acceptors (Lipinski definition) is 4. The summed E-state index contributed by atoms with van der Waals surface area (Å²) in [5.74, 6) is -2.95. The zero-order valence-corrected chi connectivity index (χ0v) is 13.2. The van der Waals surface area contributed by atoms with Crippen molar-refractivity contribution in [3.05, 3.63) is 33.1 Å². The number of rotatable bonds is 6. The zero-order valence-electron chi connectivity index (χ0n) is 11.1. The molecule has 6 nitrogen and oxygen atoms in total. The third-order valence-corrected chi connectivity index (χ3v) is 3.54. The molecule has 0 heterocycles. The van der Waals surface area contributed by atoms with Gasteiger partial charge in [0.05, 0.1) is 12.7 Å². The van der Waals surface area contributed by atoms with Crippen LogP contribution >= 0.6 is 22.6 Å². The van der Waals surface area contributed by atoms with Gasteiger partial charge in [-0.05, 0) is 47.2 Å². The van der Waals surface area contributed by atoms with E-state index < -0.39 is 29.7 Å². The smallest absolute Gasteiger partial charge is 0.326 e. The summed E-state index contributed by atoms with van der Waals surface area (Å²) in [6, 6.07) is 2.32. The van der Waals surface area contributed by atoms with Crippen LogP contribution in [-0.2, 0) is 14.3 Å². The molecule has 0 saturated heterocycles. The van der Waals surface area contributed by atoms with Crippen molar-refractivity contribution in [2.75, 3.05) is 7.11 Å². The van der Waals surface area contributed by atoms with E-state index in [9.17, 15) is 18.8 Å². The van der Waals surface area contributed by atoms with E-state index >= 15 is 0 Å². The lowest BCUT2D eigenvalue weighted by molar-refractivity contribution is -0.142. The van der Waals surface area contributed by atoms with Crippen LogP contribution in [0.25, 0.3) is 0 Å². The topological polar surface area (TPSA) is 92.7 Å². The maximum Gasteiger partial charge on any atom is 0.326 e. The minimum atomic E-state index is -1.26. The monoisotopic (exact) mass is 409 g/mol. The van der Waals surface area contributed by atoms with Gasteiger partial charge in [-0.15, -0.1) is 0 Å². The third kappa shape index (κ3) is 5.29. The summed E-state index contributed by atoms with van der Waals surface area (Å²) in [7, 11) is 1.19. The van der Waals surface area contributed by atoms with Crippen molar-refractivity contribution < 1.29 is 28.6 Å². The number of methoxy groups -OCH3 is 1. The molecule has 1 aromatic carbocycles. The number of carboxylic acid groups (broad SMARTS) is 1. The molecule has 0 aliphatic heterocycles. The number of carbonyl (C=O) groups excluding carboxylic acids is 2. The Hall–Kier alpha value is -1.71. The van der Waals surface area contributed by atoms with E-state index in [0.29, 0.717) is 3.57 Å². The van der Waals surface area contributed by atoms with E-state index in [-0.39, 0.29) is 18.4 Å². The Balaban J connectivity index is 2.76. The third-order valence-electron chi connectivity index (χ3n) is 2.64. The molecule has 0 spiro atoms. The summed E-state index contributed by atoms with van der Waals surface area (Å²) in [6.07, 6.45) is -0.222. The predicted octanol–water partition coefficient (Wildman–Crippen LogP) is 1.57. The van der Waals surface area contributed by atoms with Gasteiger partial charge in [-0.2, -0.15) is 0 Å². The number of aliphatic carboxylic acids is 1. The second kappa shape index (κ2) is 7.91. The van der Waals surface area contributed by atoms with Crippen molar-refractivity contribution in [1.82, 2.24) is 5.32 Å². The van der Waals surface area contributed by atoms with Gasteiger partial charge >= 0.3 is 11.9 Å². The lowest BCUT2D eigenvalue weighted by Gasteiger charge is -2.14. The molecule has 0 radical (unpaired) electrons. The molecule has 0 fully saturated rings. The van der Waals surface area contributed by atoms with E-state index in [1.807, 2.05) is 0 Å².